The molecule has 0 aliphatic carbocycles. The van der Waals surface area contributed by atoms with Gasteiger partial charge in [-0.05, 0) is 17.5 Å². The van der Waals surface area contributed by atoms with Crippen molar-refractivity contribution >= 4 is 21.7 Å². The molecule has 14 heavy (non-hydrogen) atoms. The molecule has 0 fully saturated rings. The number of hydrogen-bond donors (Lipinski definition) is 0. The van der Waals surface area contributed by atoms with Crippen LogP contribution in [0.2, 0.25) is 0 Å². The average molecular weight is 253 g/mol. The lowest BCUT2D eigenvalue weighted by Crippen LogP contribution is -2.03. The number of ketones is 1. The quantitative estimate of drug-likeness (QED) is 0.582. The molecule has 0 heterocycles. The summed E-state index contributed by atoms with van der Waals surface area (Å²) in [6.45, 7) is 3.69. The van der Waals surface area contributed by atoms with Gasteiger partial charge < -0.3 is 0 Å². The molecule has 0 radical (unpaired) electrons. The molecule has 1 aromatic rings. The predicted molar refractivity (Wildman–Crippen MR) is 62.8 cm³/mol. The lowest BCUT2D eigenvalue weighted by atomic mass is 10.0. The summed E-state index contributed by atoms with van der Waals surface area (Å²) in [5.41, 5.74) is 2.29. The number of carbonyl (C=O) groups excluding carboxylic acids is 1. The van der Waals surface area contributed by atoms with E-state index < -0.39 is 0 Å². The van der Waals surface area contributed by atoms with Crippen LogP contribution in [0.15, 0.2) is 36.9 Å². The molecule has 0 spiro atoms. The maximum Gasteiger partial charge on any atom is 0.147 e. The number of alkyl halides is 1. The third kappa shape index (κ3) is 3.46. The van der Waals surface area contributed by atoms with E-state index in [9.17, 15) is 4.79 Å². The molecule has 0 aromatic heterocycles. The van der Waals surface area contributed by atoms with Gasteiger partial charge in [-0.2, -0.15) is 0 Å². The number of rotatable bonds is 5. The first-order valence-corrected chi connectivity index (χ1v) is 5.64. The zero-order valence-corrected chi connectivity index (χ0v) is 9.59. The Bertz CT molecular complexity index is 331. The summed E-state index contributed by atoms with van der Waals surface area (Å²) in [6, 6.07) is 8.06. The Kier molecular flexibility index (Phi) is 4.60. The van der Waals surface area contributed by atoms with Gasteiger partial charge in [0.1, 0.15) is 5.78 Å². The van der Waals surface area contributed by atoms with Crippen molar-refractivity contribution in [1.82, 2.24) is 0 Å². The van der Waals surface area contributed by atoms with Gasteiger partial charge in [0.2, 0.25) is 0 Å². The van der Waals surface area contributed by atoms with Gasteiger partial charge in [-0.3, -0.25) is 4.79 Å². The first kappa shape index (κ1) is 11.2. The van der Waals surface area contributed by atoms with Crippen molar-refractivity contribution in [3.63, 3.8) is 0 Å². The maximum absolute atomic E-state index is 11.2. The minimum Gasteiger partial charge on any atom is -0.298 e. The van der Waals surface area contributed by atoms with Crippen LogP contribution in [0.5, 0.6) is 0 Å². The number of halogens is 1. The molecular weight excluding hydrogens is 240 g/mol. The highest BCUT2D eigenvalue weighted by Crippen LogP contribution is 2.08. The zero-order valence-electron chi connectivity index (χ0n) is 8.00. The fraction of sp³-hybridized carbons (Fsp3) is 0.250. The van der Waals surface area contributed by atoms with Crippen molar-refractivity contribution in [3.05, 3.63) is 48.0 Å². The van der Waals surface area contributed by atoms with Gasteiger partial charge in [0.15, 0.2) is 0 Å². The molecule has 0 amide bonds. The van der Waals surface area contributed by atoms with Gasteiger partial charge in [-0.1, -0.05) is 46.3 Å². The normalized spacial score (nSPS) is 9.79. The van der Waals surface area contributed by atoms with Crippen LogP contribution in [-0.4, -0.2) is 11.1 Å². The van der Waals surface area contributed by atoms with Crippen LogP contribution in [0.4, 0.5) is 0 Å². The number of benzene rings is 1. The second-order valence-electron chi connectivity index (χ2n) is 3.16. The fourth-order valence-corrected chi connectivity index (χ4v) is 1.51. The summed E-state index contributed by atoms with van der Waals surface area (Å²) >= 11 is 3.16. The monoisotopic (exact) mass is 252 g/mol. The smallest absolute Gasteiger partial charge is 0.147 e. The van der Waals surface area contributed by atoms with E-state index in [-0.39, 0.29) is 5.78 Å². The topological polar surface area (TPSA) is 17.1 Å². The van der Waals surface area contributed by atoms with Crippen molar-refractivity contribution in [2.75, 3.05) is 5.33 Å². The lowest BCUT2D eigenvalue weighted by Gasteiger charge is -2.01. The van der Waals surface area contributed by atoms with Crippen molar-refractivity contribution in [2.24, 2.45) is 0 Å². The molecule has 0 N–H and O–H groups in total. The van der Waals surface area contributed by atoms with Crippen LogP contribution in [0.3, 0.4) is 0 Å². The minimum absolute atomic E-state index is 0.209. The van der Waals surface area contributed by atoms with E-state index in [1.54, 1.807) is 0 Å². The highest BCUT2D eigenvalue weighted by Gasteiger charge is 2.01. The van der Waals surface area contributed by atoms with Crippen LogP contribution in [0.25, 0.3) is 0 Å². The van der Waals surface area contributed by atoms with Crippen LogP contribution in [0.1, 0.15) is 11.1 Å². The SMILES string of the molecule is C=CCc1cccc(CC(=O)CBr)c1. The Morgan fingerprint density at radius 3 is 2.79 bits per heavy atom. The van der Waals surface area contributed by atoms with E-state index in [0.29, 0.717) is 11.8 Å². The van der Waals surface area contributed by atoms with Crippen LogP contribution in [-0.2, 0) is 17.6 Å². The van der Waals surface area contributed by atoms with Crippen molar-refractivity contribution < 1.29 is 4.79 Å². The maximum atomic E-state index is 11.2. The largest absolute Gasteiger partial charge is 0.298 e. The number of Topliss-reactive ketones (excluding diaryl/α,β-unsaturated/α-hetero) is 1. The molecule has 0 atom stereocenters. The lowest BCUT2D eigenvalue weighted by molar-refractivity contribution is -0.115. The summed E-state index contributed by atoms with van der Waals surface area (Å²) in [7, 11) is 0. The second-order valence-corrected chi connectivity index (χ2v) is 3.72. The standard InChI is InChI=1S/C12H13BrO/c1-2-4-10-5-3-6-11(7-10)8-12(14)9-13/h2-3,5-7H,1,4,8-9H2. The number of allylic oxidation sites excluding steroid dienone is 1. The summed E-state index contributed by atoms with van der Waals surface area (Å²) < 4.78 is 0. The number of carbonyl (C=O) groups is 1. The van der Waals surface area contributed by atoms with Gasteiger partial charge in [-0.15, -0.1) is 6.58 Å². The Morgan fingerprint density at radius 1 is 1.43 bits per heavy atom. The molecule has 1 nitrogen and oxygen atoms in total. The van der Waals surface area contributed by atoms with Gasteiger partial charge in [0.25, 0.3) is 0 Å². The first-order chi connectivity index (χ1) is 6.76. The van der Waals surface area contributed by atoms with E-state index >= 15 is 0 Å². The van der Waals surface area contributed by atoms with E-state index in [0.717, 1.165) is 12.0 Å². The van der Waals surface area contributed by atoms with E-state index in [1.165, 1.54) is 5.56 Å². The molecule has 74 valence electrons. The Hall–Kier alpha value is -0.890. The molecule has 0 saturated carbocycles. The highest BCUT2D eigenvalue weighted by molar-refractivity contribution is 9.09. The Labute approximate surface area is 93.0 Å². The summed E-state index contributed by atoms with van der Waals surface area (Å²) in [5, 5.41) is 0.429. The van der Waals surface area contributed by atoms with Crippen molar-refractivity contribution in [2.45, 2.75) is 12.8 Å². The third-order valence-electron chi connectivity index (χ3n) is 1.92. The summed E-state index contributed by atoms with van der Waals surface area (Å²) in [6.07, 6.45) is 3.23. The predicted octanol–water partition coefficient (Wildman–Crippen LogP) is 2.92. The average Bonchev–Trinajstić information content (AvgIpc) is 2.19. The molecular formula is C12H13BrO. The second kappa shape index (κ2) is 5.76. The van der Waals surface area contributed by atoms with Crippen molar-refractivity contribution in [1.29, 1.82) is 0 Å². The third-order valence-corrected chi connectivity index (χ3v) is 2.55. The molecule has 0 aliphatic heterocycles. The van der Waals surface area contributed by atoms with E-state index in [2.05, 4.69) is 28.6 Å². The Balaban J connectivity index is 2.72. The Morgan fingerprint density at radius 2 is 2.14 bits per heavy atom. The number of hydrogen-bond acceptors (Lipinski definition) is 1. The van der Waals surface area contributed by atoms with Gasteiger partial charge in [0.05, 0.1) is 5.33 Å². The van der Waals surface area contributed by atoms with Crippen LogP contribution >= 0.6 is 15.9 Å². The first-order valence-electron chi connectivity index (χ1n) is 4.52. The molecule has 0 bridgehead atoms. The molecule has 0 unspecified atom stereocenters. The molecule has 1 rings (SSSR count). The van der Waals surface area contributed by atoms with E-state index in [4.69, 9.17) is 0 Å². The van der Waals surface area contributed by atoms with Crippen LogP contribution in [0, 0.1) is 0 Å². The molecule has 1 aromatic carbocycles. The van der Waals surface area contributed by atoms with Crippen molar-refractivity contribution in [3.8, 4) is 0 Å². The fourth-order valence-electron chi connectivity index (χ4n) is 1.31. The minimum atomic E-state index is 0.209. The van der Waals surface area contributed by atoms with Gasteiger partial charge >= 0.3 is 0 Å². The van der Waals surface area contributed by atoms with Crippen LogP contribution < -0.4 is 0 Å². The van der Waals surface area contributed by atoms with Gasteiger partial charge in [-0.25, -0.2) is 0 Å². The molecule has 2 heteroatoms. The zero-order chi connectivity index (χ0) is 10.4. The van der Waals surface area contributed by atoms with Gasteiger partial charge in [0, 0.05) is 6.42 Å². The summed E-state index contributed by atoms with van der Waals surface area (Å²) in [4.78, 5) is 11.2. The molecule has 0 saturated heterocycles. The highest BCUT2D eigenvalue weighted by atomic mass is 79.9. The summed E-state index contributed by atoms with van der Waals surface area (Å²) in [5.74, 6) is 0.209. The van der Waals surface area contributed by atoms with E-state index in [1.807, 2.05) is 24.3 Å². The molecule has 0 aliphatic rings.